The predicted molar refractivity (Wildman–Crippen MR) is 198 cm³/mol. The van der Waals surface area contributed by atoms with E-state index in [9.17, 15) is 30.3 Å². The molecule has 0 radical (unpaired) electrons. The van der Waals surface area contributed by atoms with Gasteiger partial charge in [-0.3, -0.25) is 4.79 Å². The van der Waals surface area contributed by atoms with Crippen LogP contribution >= 0.6 is 0 Å². The van der Waals surface area contributed by atoms with Gasteiger partial charge in [-0.05, 0) is 57.8 Å². The Morgan fingerprint density at radius 2 is 1.16 bits per heavy atom. The number of allylic oxidation sites excluding steroid dienone is 5. The summed E-state index contributed by atoms with van der Waals surface area (Å²) in [6.07, 6.45) is 29.0. The Bertz CT molecular complexity index is 863. The van der Waals surface area contributed by atoms with E-state index in [1.165, 1.54) is 77.0 Å². The van der Waals surface area contributed by atoms with Crippen molar-refractivity contribution in [3.8, 4) is 0 Å². The van der Waals surface area contributed by atoms with Gasteiger partial charge >= 0.3 is 0 Å². The second kappa shape index (κ2) is 31.2. The number of unbranched alkanes of at least 4 members (excludes halogenated alkanes) is 17. The van der Waals surface area contributed by atoms with Crippen molar-refractivity contribution in [3.63, 3.8) is 0 Å². The van der Waals surface area contributed by atoms with Crippen molar-refractivity contribution in [1.29, 1.82) is 0 Å². The van der Waals surface area contributed by atoms with Crippen LogP contribution in [0.1, 0.15) is 155 Å². The van der Waals surface area contributed by atoms with Gasteiger partial charge in [-0.1, -0.05) is 127 Å². The van der Waals surface area contributed by atoms with Crippen LogP contribution in [-0.2, 0) is 14.3 Å². The Morgan fingerprint density at radius 1 is 0.673 bits per heavy atom. The minimum atomic E-state index is -1.57. The highest BCUT2D eigenvalue weighted by Crippen LogP contribution is 2.22. The summed E-state index contributed by atoms with van der Waals surface area (Å²) in [6.45, 7) is 3.69. The van der Waals surface area contributed by atoms with Crippen molar-refractivity contribution >= 4 is 5.91 Å². The molecule has 1 aliphatic heterocycles. The van der Waals surface area contributed by atoms with E-state index >= 15 is 0 Å². The van der Waals surface area contributed by atoms with Crippen molar-refractivity contribution in [2.24, 2.45) is 0 Å². The second-order valence-electron chi connectivity index (χ2n) is 13.7. The van der Waals surface area contributed by atoms with Gasteiger partial charge in [0.15, 0.2) is 6.29 Å². The fraction of sp³-hybridized carbons (Fsp3) is 0.825. The van der Waals surface area contributed by atoms with Gasteiger partial charge in [0.1, 0.15) is 24.4 Å². The molecule has 49 heavy (non-hydrogen) atoms. The number of amides is 1. The van der Waals surface area contributed by atoms with E-state index in [2.05, 4.69) is 43.5 Å². The van der Waals surface area contributed by atoms with E-state index in [1.807, 2.05) is 6.08 Å². The quantitative estimate of drug-likeness (QED) is 0.0338. The average molecular weight is 696 g/mol. The summed E-state index contributed by atoms with van der Waals surface area (Å²) in [4.78, 5) is 12.9. The zero-order valence-corrected chi connectivity index (χ0v) is 30.9. The Balaban J connectivity index is 2.46. The van der Waals surface area contributed by atoms with Gasteiger partial charge in [0.2, 0.25) is 5.91 Å². The molecule has 1 saturated heterocycles. The maximum atomic E-state index is 12.9. The molecule has 1 amide bonds. The molecule has 0 spiro atoms. The molecular formula is C40H73NO8. The normalized spacial score (nSPS) is 22.8. The summed E-state index contributed by atoms with van der Waals surface area (Å²) in [5, 5.41) is 53.8. The van der Waals surface area contributed by atoms with Gasteiger partial charge in [-0.15, -0.1) is 0 Å². The van der Waals surface area contributed by atoms with Crippen LogP contribution in [0.25, 0.3) is 0 Å². The molecule has 0 aromatic rings. The number of carbonyl (C=O) groups excluding carboxylic acids is 1. The largest absolute Gasteiger partial charge is 0.394 e. The maximum absolute atomic E-state index is 12.9. The third-order valence-corrected chi connectivity index (χ3v) is 9.19. The van der Waals surface area contributed by atoms with E-state index in [0.717, 1.165) is 57.8 Å². The highest BCUT2D eigenvalue weighted by Gasteiger charge is 2.44. The molecule has 2 unspecified atom stereocenters. The minimum Gasteiger partial charge on any atom is -0.394 e. The second-order valence-corrected chi connectivity index (χ2v) is 13.7. The van der Waals surface area contributed by atoms with Crippen LogP contribution in [0.5, 0.6) is 0 Å². The SMILES string of the molecule is CCCCCCC/C=C/CC/C=C/[C@@H](O)[C@H](CO[C@H]1O[C@@H](CO)[C@H](O)C(O)C1O)NC(=O)CCCCCCC/C=C/CCCCCCCC. The Labute approximate surface area is 298 Å². The van der Waals surface area contributed by atoms with E-state index in [1.54, 1.807) is 6.08 Å². The van der Waals surface area contributed by atoms with E-state index in [0.29, 0.717) is 6.42 Å². The summed E-state index contributed by atoms with van der Waals surface area (Å²) in [5.74, 6) is -0.200. The van der Waals surface area contributed by atoms with Crippen molar-refractivity contribution in [1.82, 2.24) is 5.32 Å². The number of hydrogen-bond acceptors (Lipinski definition) is 8. The fourth-order valence-electron chi connectivity index (χ4n) is 5.93. The molecule has 9 heteroatoms. The highest BCUT2D eigenvalue weighted by molar-refractivity contribution is 5.76. The van der Waals surface area contributed by atoms with E-state index < -0.39 is 49.5 Å². The zero-order chi connectivity index (χ0) is 36.0. The van der Waals surface area contributed by atoms with Crippen LogP contribution in [0.4, 0.5) is 0 Å². The highest BCUT2D eigenvalue weighted by atomic mass is 16.7. The van der Waals surface area contributed by atoms with Crippen LogP contribution < -0.4 is 5.32 Å². The first-order valence-electron chi connectivity index (χ1n) is 19.7. The molecule has 286 valence electrons. The number of carbonyl (C=O) groups is 1. The lowest BCUT2D eigenvalue weighted by Gasteiger charge is -2.40. The van der Waals surface area contributed by atoms with Gasteiger partial charge < -0.3 is 40.3 Å². The summed E-state index contributed by atoms with van der Waals surface area (Å²) >= 11 is 0. The standard InChI is InChI=1S/C40H73NO8/c1-3-5-7-9-11-13-15-16-17-18-20-22-24-26-28-30-36(44)41-33(32-48-40-39(47)38(46)37(45)35(31-42)49-40)34(43)29-27-25-23-21-19-14-12-10-8-6-4-2/h16-17,19,21,27,29,33-35,37-40,42-43,45-47H,3-15,18,20,22-26,28,30-32H2,1-2H3,(H,41,44)/b17-16+,21-19+,29-27+/t33-,34+,35-,37-,38?,39?,40-/m0/s1. The van der Waals surface area contributed by atoms with Crippen molar-refractivity contribution < 1.29 is 39.8 Å². The Hall–Kier alpha value is -1.59. The van der Waals surface area contributed by atoms with Gasteiger partial charge in [0.05, 0.1) is 25.4 Å². The topological polar surface area (TPSA) is 149 Å². The number of nitrogens with one attached hydrogen (secondary N) is 1. The van der Waals surface area contributed by atoms with Gasteiger partial charge in [-0.25, -0.2) is 0 Å². The van der Waals surface area contributed by atoms with Gasteiger partial charge in [0, 0.05) is 6.42 Å². The fourth-order valence-corrected chi connectivity index (χ4v) is 5.93. The number of aliphatic hydroxyl groups is 5. The molecule has 0 aromatic heterocycles. The van der Waals surface area contributed by atoms with Crippen LogP contribution in [0, 0.1) is 0 Å². The average Bonchev–Trinajstić information content (AvgIpc) is 3.10. The first-order chi connectivity index (χ1) is 23.8. The molecule has 0 aliphatic carbocycles. The van der Waals surface area contributed by atoms with Crippen molar-refractivity contribution in [2.45, 2.75) is 198 Å². The first-order valence-corrected chi connectivity index (χ1v) is 19.7. The molecule has 6 N–H and O–H groups in total. The molecule has 0 bridgehead atoms. The lowest BCUT2D eigenvalue weighted by atomic mass is 9.99. The summed E-state index contributed by atoms with van der Waals surface area (Å²) < 4.78 is 11.1. The third kappa shape index (κ3) is 22.8. The Morgan fingerprint density at radius 3 is 1.71 bits per heavy atom. The third-order valence-electron chi connectivity index (χ3n) is 9.19. The van der Waals surface area contributed by atoms with E-state index in [4.69, 9.17) is 9.47 Å². The van der Waals surface area contributed by atoms with Crippen molar-refractivity contribution in [2.75, 3.05) is 13.2 Å². The van der Waals surface area contributed by atoms with Crippen LogP contribution in [0.3, 0.4) is 0 Å². The van der Waals surface area contributed by atoms with Crippen LogP contribution in [0.15, 0.2) is 36.5 Å². The smallest absolute Gasteiger partial charge is 0.220 e. The summed E-state index contributed by atoms with van der Waals surface area (Å²) in [6, 6.07) is -0.821. The maximum Gasteiger partial charge on any atom is 0.220 e. The van der Waals surface area contributed by atoms with Crippen LogP contribution in [0.2, 0.25) is 0 Å². The number of rotatable bonds is 31. The molecule has 7 atom stereocenters. The summed E-state index contributed by atoms with van der Waals surface area (Å²) in [7, 11) is 0. The van der Waals surface area contributed by atoms with Crippen molar-refractivity contribution in [3.05, 3.63) is 36.5 Å². The first kappa shape index (κ1) is 45.4. The number of hydrogen-bond donors (Lipinski definition) is 6. The monoisotopic (exact) mass is 696 g/mol. The van der Waals surface area contributed by atoms with Gasteiger partial charge in [-0.2, -0.15) is 0 Å². The number of ether oxygens (including phenoxy) is 2. The zero-order valence-electron chi connectivity index (χ0n) is 30.9. The molecule has 9 nitrogen and oxygen atoms in total. The van der Waals surface area contributed by atoms with E-state index in [-0.39, 0.29) is 12.5 Å². The number of aliphatic hydroxyl groups excluding tert-OH is 5. The van der Waals surface area contributed by atoms with Gasteiger partial charge in [0.25, 0.3) is 0 Å². The molecule has 0 aromatic carbocycles. The molecule has 0 saturated carbocycles. The minimum absolute atomic E-state index is 0.200. The molecule has 1 heterocycles. The molecule has 1 aliphatic rings. The summed E-state index contributed by atoms with van der Waals surface area (Å²) in [5.41, 5.74) is 0. The Kier molecular flexibility index (Phi) is 28.9. The predicted octanol–water partition coefficient (Wildman–Crippen LogP) is 6.94. The molecule has 1 rings (SSSR count). The molecular weight excluding hydrogens is 622 g/mol. The van der Waals surface area contributed by atoms with Crippen LogP contribution in [-0.4, -0.2) is 87.5 Å². The lowest BCUT2D eigenvalue weighted by Crippen LogP contribution is -2.60. The lowest BCUT2D eigenvalue weighted by molar-refractivity contribution is -0.302. The molecule has 1 fully saturated rings.